The summed E-state index contributed by atoms with van der Waals surface area (Å²) in [5.41, 5.74) is 1.04. The first kappa shape index (κ1) is 11.4. The molecule has 4 nitrogen and oxygen atoms in total. The Labute approximate surface area is 103 Å². The minimum Gasteiger partial charge on any atom is -0.270 e. The topological polar surface area (TPSA) is 35.6 Å². The maximum Gasteiger partial charge on any atom is 0.0850 e. The van der Waals surface area contributed by atoms with Gasteiger partial charge in [-0.15, -0.1) is 0 Å². The molecule has 1 unspecified atom stereocenters. The molecule has 0 amide bonds. The highest BCUT2D eigenvalue weighted by molar-refractivity contribution is 9.10. The predicted molar refractivity (Wildman–Crippen MR) is 66.3 cm³/mol. The molecule has 0 aliphatic carbocycles. The summed E-state index contributed by atoms with van der Waals surface area (Å²) < 4.78 is 4.87. The lowest BCUT2D eigenvalue weighted by Crippen LogP contribution is -2.06. The summed E-state index contributed by atoms with van der Waals surface area (Å²) in [4.78, 5) is 0. The third kappa shape index (κ3) is 2.52. The second-order valence-electron chi connectivity index (χ2n) is 3.90. The van der Waals surface area contributed by atoms with Crippen LogP contribution in [0.4, 0.5) is 0 Å². The lowest BCUT2D eigenvalue weighted by Gasteiger charge is -2.08. The minimum absolute atomic E-state index is 0.457. The highest BCUT2D eigenvalue weighted by Crippen LogP contribution is 2.11. The molecule has 0 saturated heterocycles. The van der Waals surface area contributed by atoms with Gasteiger partial charge in [-0.25, -0.2) is 0 Å². The quantitative estimate of drug-likeness (QED) is 0.865. The number of halogens is 1. The summed E-state index contributed by atoms with van der Waals surface area (Å²) in [6, 6.07) is 2.50. The Balaban J connectivity index is 2.08. The van der Waals surface area contributed by atoms with Crippen molar-refractivity contribution >= 4 is 15.9 Å². The maximum atomic E-state index is 4.53. The van der Waals surface area contributed by atoms with Crippen LogP contribution in [0.1, 0.15) is 32.0 Å². The molecule has 16 heavy (non-hydrogen) atoms. The minimum atomic E-state index is 0.457. The van der Waals surface area contributed by atoms with Crippen molar-refractivity contribution in [1.82, 2.24) is 19.6 Å². The van der Waals surface area contributed by atoms with Gasteiger partial charge in [-0.05, 0) is 35.3 Å². The van der Waals surface area contributed by atoms with E-state index in [9.17, 15) is 0 Å². The molecule has 2 aromatic heterocycles. The third-order valence-corrected chi connectivity index (χ3v) is 3.04. The van der Waals surface area contributed by atoms with Crippen molar-refractivity contribution in [3.63, 3.8) is 0 Å². The molecule has 0 bridgehead atoms. The zero-order valence-electron chi connectivity index (χ0n) is 9.47. The third-order valence-electron chi connectivity index (χ3n) is 2.63. The summed E-state index contributed by atoms with van der Waals surface area (Å²) in [5, 5.41) is 8.73. The van der Waals surface area contributed by atoms with Crippen molar-refractivity contribution in [2.75, 3.05) is 0 Å². The van der Waals surface area contributed by atoms with Crippen LogP contribution in [0, 0.1) is 0 Å². The van der Waals surface area contributed by atoms with Crippen LogP contribution in [-0.2, 0) is 6.54 Å². The van der Waals surface area contributed by atoms with E-state index in [4.69, 9.17) is 0 Å². The van der Waals surface area contributed by atoms with Crippen LogP contribution in [-0.4, -0.2) is 19.6 Å². The van der Waals surface area contributed by atoms with E-state index >= 15 is 0 Å². The van der Waals surface area contributed by atoms with E-state index in [2.05, 4.69) is 40.0 Å². The van der Waals surface area contributed by atoms with E-state index in [-0.39, 0.29) is 0 Å². The van der Waals surface area contributed by atoms with E-state index in [1.54, 1.807) is 6.20 Å². The predicted octanol–water partition coefficient (Wildman–Crippen LogP) is 2.86. The van der Waals surface area contributed by atoms with Gasteiger partial charge in [0.05, 0.1) is 22.9 Å². The van der Waals surface area contributed by atoms with Gasteiger partial charge in [0.1, 0.15) is 0 Å². The normalized spacial score (nSPS) is 12.9. The Morgan fingerprint density at radius 3 is 2.94 bits per heavy atom. The second-order valence-corrected chi connectivity index (χ2v) is 4.82. The number of hydrogen-bond acceptors (Lipinski definition) is 2. The van der Waals surface area contributed by atoms with Gasteiger partial charge in [0.15, 0.2) is 0 Å². The molecule has 86 valence electrons. The molecule has 0 saturated carbocycles. The molecular formula is C11H15BrN4. The fraction of sp³-hybridized carbons (Fsp3) is 0.455. The van der Waals surface area contributed by atoms with Gasteiger partial charge < -0.3 is 0 Å². The van der Waals surface area contributed by atoms with E-state index in [0.29, 0.717) is 6.04 Å². The van der Waals surface area contributed by atoms with Crippen LogP contribution < -0.4 is 0 Å². The van der Waals surface area contributed by atoms with Crippen molar-refractivity contribution in [2.45, 2.75) is 32.9 Å². The molecule has 0 radical (unpaired) electrons. The van der Waals surface area contributed by atoms with E-state index < -0.39 is 0 Å². The average molecular weight is 283 g/mol. The highest BCUT2D eigenvalue weighted by atomic mass is 79.9. The van der Waals surface area contributed by atoms with Crippen LogP contribution in [0.25, 0.3) is 0 Å². The zero-order chi connectivity index (χ0) is 11.5. The van der Waals surface area contributed by atoms with Gasteiger partial charge in [0, 0.05) is 18.4 Å². The molecule has 0 spiro atoms. The number of aromatic nitrogens is 4. The summed E-state index contributed by atoms with van der Waals surface area (Å²) in [7, 11) is 0. The van der Waals surface area contributed by atoms with Crippen LogP contribution in [0.5, 0.6) is 0 Å². The summed E-state index contributed by atoms with van der Waals surface area (Å²) >= 11 is 3.38. The van der Waals surface area contributed by atoms with Gasteiger partial charge in [0.2, 0.25) is 0 Å². The molecule has 5 heteroatoms. The lowest BCUT2D eigenvalue weighted by atomic mass is 10.3. The SMILES string of the molecule is CCC(C)n1ccc(Cn2cc(Br)cn2)n1. The van der Waals surface area contributed by atoms with Gasteiger partial charge in [-0.1, -0.05) is 6.92 Å². The van der Waals surface area contributed by atoms with Crippen LogP contribution in [0.3, 0.4) is 0 Å². The second kappa shape index (κ2) is 4.82. The molecule has 1 atom stereocenters. The van der Waals surface area contributed by atoms with Gasteiger partial charge in [-0.2, -0.15) is 10.2 Å². The van der Waals surface area contributed by atoms with Crippen LogP contribution >= 0.6 is 15.9 Å². The lowest BCUT2D eigenvalue weighted by molar-refractivity contribution is 0.471. The van der Waals surface area contributed by atoms with Crippen molar-refractivity contribution in [2.24, 2.45) is 0 Å². The molecule has 0 fully saturated rings. The van der Waals surface area contributed by atoms with E-state index in [1.807, 2.05) is 27.8 Å². The molecule has 2 heterocycles. The average Bonchev–Trinajstić information content (AvgIpc) is 2.87. The Kier molecular flexibility index (Phi) is 3.43. The Morgan fingerprint density at radius 1 is 1.50 bits per heavy atom. The number of rotatable bonds is 4. The van der Waals surface area contributed by atoms with Crippen molar-refractivity contribution in [3.8, 4) is 0 Å². The fourth-order valence-electron chi connectivity index (χ4n) is 1.49. The van der Waals surface area contributed by atoms with Gasteiger partial charge >= 0.3 is 0 Å². The molecule has 0 aliphatic heterocycles. The first-order valence-electron chi connectivity index (χ1n) is 5.41. The molecule has 0 aromatic carbocycles. The first-order valence-corrected chi connectivity index (χ1v) is 6.20. The summed E-state index contributed by atoms with van der Waals surface area (Å²) in [6.07, 6.45) is 6.85. The van der Waals surface area contributed by atoms with Gasteiger partial charge in [0.25, 0.3) is 0 Å². The van der Waals surface area contributed by atoms with Crippen molar-refractivity contribution in [1.29, 1.82) is 0 Å². The Hall–Kier alpha value is -1.10. The van der Waals surface area contributed by atoms with Crippen LogP contribution in [0.15, 0.2) is 29.1 Å². The molecule has 0 N–H and O–H groups in total. The number of nitrogens with zero attached hydrogens (tertiary/aromatic N) is 4. The highest BCUT2D eigenvalue weighted by Gasteiger charge is 2.05. The zero-order valence-corrected chi connectivity index (χ0v) is 11.1. The fourth-order valence-corrected chi connectivity index (χ4v) is 1.81. The Bertz CT molecular complexity index is 460. The smallest absolute Gasteiger partial charge is 0.0850 e. The molecule has 2 rings (SSSR count). The molecule has 0 aliphatic rings. The monoisotopic (exact) mass is 282 g/mol. The van der Waals surface area contributed by atoms with Crippen molar-refractivity contribution in [3.05, 3.63) is 34.8 Å². The summed E-state index contributed by atoms with van der Waals surface area (Å²) in [6.45, 7) is 5.05. The Morgan fingerprint density at radius 2 is 2.31 bits per heavy atom. The first-order chi connectivity index (χ1) is 7.69. The summed E-state index contributed by atoms with van der Waals surface area (Å²) in [5.74, 6) is 0. The van der Waals surface area contributed by atoms with E-state index in [0.717, 1.165) is 23.1 Å². The van der Waals surface area contributed by atoms with Crippen molar-refractivity contribution < 1.29 is 0 Å². The number of hydrogen-bond donors (Lipinski definition) is 0. The van der Waals surface area contributed by atoms with Crippen LogP contribution in [0.2, 0.25) is 0 Å². The molecule has 2 aromatic rings. The standard InChI is InChI=1S/C11H15BrN4/c1-3-9(2)16-5-4-11(14-16)8-15-7-10(12)6-13-15/h4-7,9H,3,8H2,1-2H3. The van der Waals surface area contributed by atoms with E-state index in [1.165, 1.54) is 0 Å². The maximum absolute atomic E-state index is 4.53. The molecular weight excluding hydrogens is 268 g/mol. The van der Waals surface area contributed by atoms with Gasteiger partial charge in [-0.3, -0.25) is 9.36 Å². The largest absolute Gasteiger partial charge is 0.270 e.